The number of nitro groups is 1. The summed E-state index contributed by atoms with van der Waals surface area (Å²) in [5, 5.41) is 10.8. The molecule has 0 amide bonds. The third-order valence-electron chi connectivity index (χ3n) is 2.62. The molecule has 2 aromatic carbocycles. The smallest absolute Gasteiger partial charge is 0.339 e. The van der Waals surface area contributed by atoms with Crippen LogP contribution in [0.4, 0.5) is 5.69 Å². The molecule has 0 atom stereocenters. The van der Waals surface area contributed by atoms with Crippen molar-refractivity contribution in [2.45, 2.75) is 9.79 Å². The van der Waals surface area contributed by atoms with E-state index in [1.165, 1.54) is 31.0 Å². The van der Waals surface area contributed by atoms with Crippen molar-refractivity contribution in [1.82, 2.24) is 0 Å². The molecule has 0 saturated carbocycles. The molecule has 0 heterocycles. The summed E-state index contributed by atoms with van der Waals surface area (Å²) in [5.41, 5.74) is 0.0372. The van der Waals surface area contributed by atoms with Gasteiger partial charge >= 0.3 is 5.97 Å². The van der Waals surface area contributed by atoms with Gasteiger partial charge in [-0.2, -0.15) is 0 Å². The maximum Gasteiger partial charge on any atom is 0.339 e. The fraction of sp³-hybridized carbons (Fsp3) is 0.0714. The topological polar surface area (TPSA) is 69.4 Å². The minimum atomic E-state index is -0.599. The van der Waals surface area contributed by atoms with Gasteiger partial charge in [0.25, 0.3) is 5.69 Å². The van der Waals surface area contributed by atoms with E-state index in [9.17, 15) is 14.9 Å². The van der Waals surface area contributed by atoms with Gasteiger partial charge in [0.2, 0.25) is 0 Å². The van der Waals surface area contributed by atoms with E-state index in [1.54, 1.807) is 6.07 Å². The Hall–Kier alpha value is -1.86. The highest BCUT2D eigenvalue weighted by atomic mass is 79.9. The number of halogens is 1. The van der Waals surface area contributed by atoms with E-state index in [4.69, 9.17) is 0 Å². The van der Waals surface area contributed by atoms with Crippen LogP contribution in [0.2, 0.25) is 0 Å². The Morgan fingerprint density at radius 1 is 1.24 bits per heavy atom. The number of nitro benzene ring substituents is 1. The Kier molecular flexibility index (Phi) is 4.98. The lowest BCUT2D eigenvalue weighted by atomic mass is 10.2. The Balaban J connectivity index is 2.40. The molecule has 0 spiro atoms. The van der Waals surface area contributed by atoms with Crippen molar-refractivity contribution >= 4 is 39.3 Å². The van der Waals surface area contributed by atoms with Crippen LogP contribution >= 0.6 is 27.7 Å². The van der Waals surface area contributed by atoms with Crippen molar-refractivity contribution in [3.63, 3.8) is 0 Å². The summed E-state index contributed by atoms with van der Waals surface area (Å²) >= 11 is 4.69. The van der Waals surface area contributed by atoms with E-state index in [2.05, 4.69) is 20.7 Å². The lowest BCUT2D eigenvalue weighted by molar-refractivity contribution is -0.384. The molecule has 0 saturated heterocycles. The highest BCUT2D eigenvalue weighted by Gasteiger charge is 2.18. The zero-order chi connectivity index (χ0) is 15.4. The van der Waals surface area contributed by atoms with Gasteiger partial charge in [0.05, 0.1) is 17.6 Å². The first-order valence-electron chi connectivity index (χ1n) is 5.81. The second-order valence-electron chi connectivity index (χ2n) is 3.99. The van der Waals surface area contributed by atoms with Gasteiger partial charge in [-0.15, -0.1) is 0 Å². The number of carbonyl (C=O) groups excluding carboxylic acids is 1. The quantitative estimate of drug-likeness (QED) is 0.457. The van der Waals surface area contributed by atoms with Crippen LogP contribution in [-0.2, 0) is 4.74 Å². The molecular formula is C14H10BrNO4S. The van der Waals surface area contributed by atoms with E-state index in [-0.39, 0.29) is 11.3 Å². The summed E-state index contributed by atoms with van der Waals surface area (Å²) in [5.74, 6) is -0.599. The molecule has 5 nitrogen and oxygen atoms in total. The lowest BCUT2D eigenvalue weighted by Gasteiger charge is -2.07. The molecule has 2 rings (SSSR count). The van der Waals surface area contributed by atoms with Crippen LogP contribution in [0.15, 0.2) is 56.7 Å². The Labute approximate surface area is 133 Å². The number of nitrogens with zero attached hydrogens (tertiary/aromatic N) is 1. The van der Waals surface area contributed by atoms with Crippen LogP contribution in [0.5, 0.6) is 0 Å². The van der Waals surface area contributed by atoms with Crippen molar-refractivity contribution in [2.75, 3.05) is 7.11 Å². The maximum absolute atomic E-state index is 11.8. The highest BCUT2D eigenvalue weighted by Crippen LogP contribution is 2.33. The minimum absolute atomic E-state index is 0.143. The molecule has 7 heteroatoms. The molecule has 21 heavy (non-hydrogen) atoms. The van der Waals surface area contributed by atoms with E-state index in [0.717, 1.165) is 9.37 Å². The number of hydrogen-bond acceptors (Lipinski definition) is 5. The first kappa shape index (κ1) is 15.5. The number of non-ortho nitro benzene ring substituents is 1. The average molecular weight is 368 g/mol. The van der Waals surface area contributed by atoms with Gasteiger partial charge in [0.15, 0.2) is 0 Å². The van der Waals surface area contributed by atoms with E-state index >= 15 is 0 Å². The number of rotatable bonds is 4. The molecule has 0 N–H and O–H groups in total. The summed E-state index contributed by atoms with van der Waals surface area (Å²) in [6.07, 6.45) is 0. The predicted octanol–water partition coefficient (Wildman–Crippen LogP) is 4.30. The molecule has 0 unspecified atom stereocenters. The predicted molar refractivity (Wildman–Crippen MR) is 82.7 cm³/mol. The molecule has 0 aliphatic carbocycles. The molecule has 0 bridgehead atoms. The maximum atomic E-state index is 11.8. The van der Waals surface area contributed by atoms with Crippen molar-refractivity contribution in [3.05, 3.63) is 62.6 Å². The highest BCUT2D eigenvalue weighted by molar-refractivity contribution is 9.10. The third kappa shape index (κ3) is 3.83. The summed E-state index contributed by atoms with van der Waals surface area (Å²) in [7, 11) is 1.25. The SMILES string of the molecule is COC(=O)c1cc([N+](=O)[O-])ccc1Sc1ccc(Br)cc1. The van der Waals surface area contributed by atoms with Crippen LogP contribution in [-0.4, -0.2) is 18.0 Å². The van der Waals surface area contributed by atoms with Gasteiger partial charge in [-0.1, -0.05) is 27.7 Å². The Morgan fingerprint density at radius 3 is 2.48 bits per heavy atom. The zero-order valence-electron chi connectivity index (χ0n) is 10.9. The van der Waals surface area contributed by atoms with Crippen LogP contribution in [0.1, 0.15) is 10.4 Å². The van der Waals surface area contributed by atoms with Crippen molar-refractivity contribution in [1.29, 1.82) is 0 Å². The number of benzene rings is 2. The minimum Gasteiger partial charge on any atom is -0.465 e. The second-order valence-corrected chi connectivity index (χ2v) is 6.02. The van der Waals surface area contributed by atoms with Crippen LogP contribution in [0.3, 0.4) is 0 Å². The van der Waals surface area contributed by atoms with Crippen molar-refractivity contribution in [3.8, 4) is 0 Å². The fourth-order valence-corrected chi connectivity index (χ4v) is 2.80. The monoisotopic (exact) mass is 367 g/mol. The van der Waals surface area contributed by atoms with Gasteiger partial charge in [-0.05, 0) is 30.3 Å². The van der Waals surface area contributed by atoms with Crippen LogP contribution in [0, 0.1) is 10.1 Å². The third-order valence-corrected chi connectivity index (χ3v) is 4.23. The molecule has 0 aliphatic rings. The number of carbonyl (C=O) groups is 1. The fourth-order valence-electron chi connectivity index (χ4n) is 1.62. The summed E-state index contributed by atoms with van der Waals surface area (Å²) in [6, 6.07) is 11.7. The molecule has 0 radical (unpaired) electrons. The summed E-state index contributed by atoms with van der Waals surface area (Å²) < 4.78 is 5.63. The number of ether oxygens (including phenoxy) is 1. The summed E-state index contributed by atoms with van der Waals surface area (Å²) in [4.78, 5) is 23.6. The molecule has 0 aliphatic heterocycles. The molecule has 0 aromatic heterocycles. The Morgan fingerprint density at radius 2 is 1.90 bits per heavy atom. The number of hydrogen-bond donors (Lipinski definition) is 0. The zero-order valence-corrected chi connectivity index (χ0v) is 13.3. The lowest BCUT2D eigenvalue weighted by Crippen LogP contribution is -2.04. The van der Waals surface area contributed by atoms with Crippen LogP contribution in [0.25, 0.3) is 0 Å². The second kappa shape index (κ2) is 6.73. The Bertz CT molecular complexity index is 688. The number of methoxy groups -OCH3 is 1. The van der Waals surface area contributed by atoms with Gasteiger partial charge in [0, 0.05) is 26.4 Å². The normalized spacial score (nSPS) is 10.2. The first-order valence-corrected chi connectivity index (χ1v) is 7.42. The van der Waals surface area contributed by atoms with E-state index in [0.29, 0.717) is 4.90 Å². The van der Waals surface area contributed by atoms with E-state index < -0.39 is 10.9 Å². The van der Waals surface area contributed by atoms with Gasteiger partial charge in [0.1, 0.15) is 0 Å². The van der Waals surface area contributed by atoms with Gasteiger partial charge in [-0.3, -0.25) is 10.1 Å². The number of esters is 1. The largest absolute Gasteiger partial charge is 0.465 e. The standard InChI is InChI=1S/C14H10BrNO4S/c1-20-14(17)12-8-10(16(18)19)4-7-13(12)21-11-5-2-9(15)3-6-11/h2-8H,1H3. The van der Waals surface area contributed by atoms with Crippen molar-refractivity contribution < 1.29 is 14.5 Å². The van der Waals surface area contributed by atoms with E-state index in [1.807, 2.05) is 24.3 Å². The summed E-state index contributed by atoms with van der Waals surface area (Å²) in [6.45, 7) is 0. The molecule has 108 valence electrons. The average Bonchev–Trinajstić information content (AvgIpc) is 2.49. The molecule has 0 fully saturated rings. The van der Waals surface area contributed by atoms with Crippen LogP contribution < -0.4 is 0 Å². The van der Waals surface area contributed by atoms with Gasteiger partial charge < -0.3 is 4.74 Å². The molecule has 2 aromatic rings. The van der Waals surface area contributed by atoms with Crippen molar-refractivity contribution in [2.24, 2.45) is 0 Å². The van der Waals surface area contributed by atoms with Gasteiger partial charge in [-0.25, -0.2) is 4.79 Å². The first-order chi connectivity index (χ1) is 10.0. The molecular weight excluding hydrogens is 358 g/mol.